The smallest absolute Gasteiger partial charge is 0.243 e. The van der Waals surface area contributed by atoms with Crippen LogP contribution in [0, 0.1) is 12.7 Å². The number of rotatable bonds is 10. The number of thiophene rings is 1. The van der Waals surface area contributed by atoms with E-state index in [0.717, 1.165) is 28.1 Å². The fraction of sp³-hybridized carbons (Fsp3) is 0.320. The molecule has 33 heavy (non-hydrogen) atoms. The van der Waals surface area contributed by atoms with Crippen molar-refractivity contribution >= 4 is 27.3 Å². The molecule has 3 rings (SSSR count). The minimum atomic E-state index is -3.98. The number of halogens is 1. The van der Waals surface area contributed by atoms with Gasteiger partial charge in [-0.25, -0.2) is 12.8 Å². The lowest BCUT2D eigenvalue weighted by Gasteiger charge is -2.30. The number of amides is 1. The van der Waals surface area contributed by atoms with E-state index >= 15 is 0 Å². The van der Waals surface area contributed by atoms with Crippen molar-refractivity contribution in [2.45, 2.75) is 51.2 Å². The van der Waals surface area contributed by atoms with Crippen LogP contribution in [0.25, 0.3) is 0 Å². The largest absolute Gasteiger partial charge is 0.332 e. The average Bonchev–Trinajstić information content (AvgIpc) is 3.21. The molecule has 0 fully saturated rings. The first-order valence-electron chi connectivity index (χ1n) is 10.8. The van der Waals surface area contributed by atoms with E-state index in [4.69, 9.17) is 0 Å². The van der Waals surface area contributed by atoms with Gasteiger partial charge >= 0.3 is 0 Å². The van der Waals surface area contributed by atoms with Gasteiger partial charge in [0.2, 0.25) is 15.9 Å². The standard InChI is InChI=1S/C25H29FN2O3S2/c1-4-20(3)28(33(30,31)23-12-10-22(26)11-13-23)18-25(29)27(16-21-8-6-5-7-9-21)17-24-19(2)14-15-32-24/h5-15,20H,4,16-18H2,1-3H3. The first kappa shape index (κ1) is 25.1. The van der Waals surface area contributed by atoms with Crippen LogP contribution in [0.2, 0.25) is 0 Å². The van der Waals surface area contributed by atoms with Crippen LogP contribution in [-0.4, -0.2) is 36.1 Å². The summed E-state index contributed by atoms with van der Waals surface area (Å²) in [5, 5.41) is 1.99. The molecule has 2 aromatic carbocycles. The van der Waals surface area contributed by atoms with Crippen LogP contribution in [0.15, 0.2) is 70.9 Å². The number of carbonyl (C=O) groups is 1. The summed E-state index contributed by atoms with van der Waals surface area (Å²) in [6, 6.07) is 16.0. The first-order chi connectivity index (χ1) is 15.7. The molecule has 0 aliphatic rings. The molecule has 0 radical (unpaired) electrons. The van der Waals surface area contributed by atoms with Gasteiger partial charge in [0.05, 0.1) is 18.0 Å². The molecule has 1 aromatic heterocycles. The number of hydrogen-bond acceptors (Lipinski definition) is 4. The lowest BCUT2D eigenvalue weighted by molar-refractivity contribution is -0.133. The van der Waals surface area contributed by atoms with E-state index in [0.29, 0.717) is 19.5 Å². The zero-order valence-corrected chi connectivity index (χ0v) is 20.7. The van der Waals surface area contributed by atoms with Crippen molar-refractivity contribution in [1.29, 1.82) is 0 Å². The van der Waals surface area contributed by atoms with Crippen molar-refractivity contribution < 1.29 is 17.6 Å². The Labute approximate surface area is 199 Å². The minimum Gasteiger partial charge on any atom is -0.332 e. The van der Waals surface area contributed by atoms with E-state index < -0.39 is 21.9 Å². The molecule has 0 saturated heterocycles. The molecule has 1 atom stereocenters. The van der Waals surface area contributed by atoms with Crippen LogP contribution in [0.3, 0.4) is 0 Å². The molecule has 1 unspecified atom stereocenters. The molecule has 1 heterocycles. The molecule has 5 nitrogen and oxygen atoms in total. The van der Waals surface area contributed by atoms with Crippen LogP contribution < -0.4 is 0 Å². The van der Waals surface area contributed by atoms with Crippen molar-refractivity contribution in [2.24, 2.45) is 0 Å². The molecule has 0 saturated carbocycles. The third-order valence-corrected chi connectivity index (χ3v) is 8.65. The fourth-order valence-corrected chi connectivity index (χ4v) is 6.01. The molecule has 0 aliphatic carbocycles. The molecule has 0 bridgehead atoms. The van der Waals surface area contributed by atoms with Crippen molar-refractivity contribution in [1.82, 2.24) is 9.21 Å². The lowest BCUT2D eigenvalue weighted by Crippen LogP contribution is -2.46. The molecule has 1 amide bonds. The maximum absolute atomic E-state index is 13.5. The summed E-state index contributed by atoms with van der Waals surface area (Å²) in [4.78, 5) is 16.2. The summed E-state index contributed by atoms with van der Waals surface area (Å²) >= 11 is 1.58. The Kier molecular flexibility index (Phi) is 8.40. The Balaban J connectivity index is 1.90. The van der Waals surface area contributed by atoms with Gasteiger partial charge in [-0.3, -0.25) is 4.79 Å². The number of sulfonamides is 1. The maximum Gasteiger partial charge on any atom is 0.243 e. The number of benzene rings is 2. The zero-order chi connectivity index (χ0) is 24.0. The monoisotopic (exact) mass is 488 g/mol. The normalized spacial score (nSPS) is 12.6. The van der Waals surface area contributed by atoms with Gasteiger partial charge in [-0.1, -0.05) is 37.3 Å². The van der Waals surface area contributed by atoms with E-state index in [1.165, 1.54) is 16.4 Å². The van der Waals surface area contributed by atoms with Gasteiger partial charge in [-0.05, 0) is 67.1 Å². The predicted molar refractivity (Wildman–Crippen MR) is 130 cm³/mol. The van der Waals surface area contributed by atoms with E-state index in [-0.39, 0.29) is 17.3 Å². The number of nitrogens with zero attached hydrogens (tertiary/aromatic N) is 2. The Morgan fingerprint density at radius 1 is 1.03 bits per heavy atom. The second-order valence-electron chi connectivity index (χ2n) is 8.02. The average molecular weight is 489 g/mol. The first-order valence-corrected chi connectivity index (χ1v) is 13.2. The topological polar surface area (TPSA) is 57.7 Å². The van der Waals surface area contributed by atoms with E-state index in [9.17, 15) is 17.6 Å². The molecule has 0 N–H and O–H groups in total. The Morgan fingerprint density at radius 2 is 1.70 bits per heavy atom. The summed E-state index contributed by atoms with van der Waals surface area (Å²) in [5.74, 6) is -0.793. The Morgan fingerprint density at radius 3 is 2.27 bits per heavy atom. The quantitative estimate of drug-likeness (QED) is 0.393. The molecule has 176 valence electrons. The highest BCUT2D eigenvalue weighted by Crippen LogP contribution is 2.23. The van der Waals surface area contributed by atoms with Crippen molar-refractivity contribution in [3.05, 3.63) is 87.9 Å². The van der Waals surface area contributed by atoms with Crippen LogP contribution in [0.5, 0.6) is 0 Å². The van der Waals surface area contributed by atoms with Gasteiger partial charge in [0.1, 0.15) is 5.82 Å². The minimum absolute atomic E-state index is 0.0271. The molecule has 3 aromatic rings. The Hall–Kier alpha value is -2.55. The van der Waals surface area contributed by atoms with Crippen molar-refractivity contribution in [3.8, 4) is 0 Å². The molecular weight excluding hydrogens is 459 g/mol. The van der Waals surface area contributed by atoms with E-state index in [1.54, 1.807) is 23.2 Å². The van der Waals surface area contributed by atoms with Gasteiger partial charge in [-0.15, -0.1) is 11.3 Å². The number of carbonyl (C=O) groups excluding carboxylic acids is 1. The van der Waals surface area contributed by atoms with Crippen molar-refractivity contribution in [3.63, 3.8) is 0 Å². The van der Waals surface area contributed by atoms with Crippen LogP contribution in [0.4, 0.5) is 4.39 Å². The third-order valence-electron chi connectivity index (χ3n) is 5.67. The zero-order valence-electron chi connectivity index (χ0n) is 19.1. The SMILES string of the molecule is CCC(C)N(CC(=O)N(Cc1ccccc1)Cc1sccc1C)S(=O)(=O)c1ccc(F)cc1. The van der Waals surface area contributed by atoms with Crippen LogP contribution in [0.1, 0.15) is 36.3 Å². The highest BCUT2D eigenvalue weighted by Gasteiger charge is 2.32. The lowest BCUT2D eigenvalue weighted by atomic mass is 10.2. The molecule has 8 heteroatoms. The number of hydrogen-bond donors (Lipinski definition) is 0. The second kappa shape index (κ2) is 11.0. The maximum atomic E-state index is 13.5. The second-order valence-corrected chi connectivity index (χ2v) is 10.9. The number of aryl methyl sites for hydroxylation is 1. The Bertz CT molecular complexity index is 1160. The summed E-state index contributed by atoms with van der Waals surface area (Å²) in [5.41, 5.74) is 2.07. The third kappa shape index (κ3) is 6.28. The molecule has 0 aliphatic heterocycles. The van der Waals surface area contributed by atoms with E-state index in [2.05, 4.69) is 0 Å². The van der Waals surface area contributed by atoms with Crippen molar-refractivity contribution in [2.75, 3.05) is 6.54 Å². The van der Waals surface area contributed by atoms with Gasteiger partial charge in [-0.2, -0.15) is 4.31 Å². The highest BCUT2D eigenvalue weighted by molar-refractivity contribution is 7.89. The van der Waals surface area contributed by atoms with Gasteiger partial charge in [0.25, 0.3) is 0 Å². The van der Waals surface area contributed by atoms with Crippen LogP contribution in [-0.2, 0) is 27.9 Å². The van der Waals surface area contributed by atoms with Gasteiger partial charge in [0, 0.05) is 17.5 Å². The van der Waals surface area contributed by atoms with Gasteiger partial charge < -0.3 is 4.90 Å². The highest BCUT2D eigenvalue weighted by atomic mass is 32.2. The van der Waals surface area contributed by atoms with E-state index in [1.807, 2.05) is 55.6 Å². The fourth-order valence-electron chi connectivity index (χ4n) is 3.43. The summed E-state index contributed by atoms with van der Waals surface area (Å²) in [6.45, 7) is 6.15. The summed E-state index contributed by atoms with van der Waals surface area (Å²) in [6.07, 6.45) is 0.538. The van der Waals surface area contributed by atoms with Gasteiger partial charge in [0.15, 0.2) is 0 Å². The predicted octanol–water partition coefficient (Wildman–Crippen LogP) is 5.21. The summed E-state index contributed by atoms with van der Waals surface area (Å²) < 4.78 is 41.3. The van der Waals surface area contributed by atoms with Crippen LogP contribution >= 0.6 is 11.3 Å². The summed E-state index contributed by atoms with van der Waals surface area (Å²) in [7, 11) is -3.98. The molecular formula is C25H29FN2O3S2. The molecule has 0 spiro atoms.